The van der Waals surface area contributed by atoms with E-state index in [2.05, 4.69) is 15.3 Å². The first-order valence-electron chi connectivity index (χ1n) is 6.89. The van der Waals surface area contributed by atoms with Crippen LogP contribution in [0.25, 0.3) is 11.0 Å². The zero-order valence-corrected chi connectivity index (χ0v) is 11.3. The molecule has 0 bridgehead atoms. The average Bonchev–Trinajstić information content (AvgIpc) is 2.95. The molecule has 2 N–H and O–H groups in total. The molecule has 0 spiro atoms. The molecule has 1 amide bonds. The summed E-state index contributed by atoms with van der Waals surface area (Å²) >= 11 is 0. The summed E-state index contributed by atoms with van der Waals surface area (Å²) in [4.78, 5) is 31.6. The third-order valence-electron chi connectivity index (χ3n) is 3.80. The number of hydrogen-bond donors (Lipinski definition) is 2. The number of aromatic nitrogens is 2. The molecule has 3 rings (SSSR count). The number of carboxylic acid groups (broad SMARTS) is 1. The Morgan fingerprint density at radius 2 is 1.95 bits per heavy atom. The number of nitrogens with one attached hydrogen (secondary N) is 1. The fourth-order valence-electron chi connectivity index (χ4n) is 2.66. The topological polar surface area (TPSA) is 92.2 Å². The first kappa shape index (κ1) is 13.5. The van der Waals surface area contributed by atoms with Crippen LogP contribution >= 0.6 is 0 Å². The number of amides is 1. The molecule has 1 aromatic carbocycles. The highest BCUT2D eigenvalue weighted by molar-refractivity contribution is 5.94. The summed E-state index contributed by atoms with van der Waals surface area (Å²) in [5.41, 5.74) is 1.66. The fourth-order valence-corrected chi connectivity index (χ4v) is 2.66. The molecule has 6 heteroatoms. The van der Waals surface area contributed by atoms with Gasteiger partial charge in [-0.3, -0.25) is 14.6 Å². The van der Waals surface area contributed by atoms with E-state index in [1.165, 1.54) is 6.20 Å². The molecule has 108 valence electrons. The number of rotatable bonds is 3. The summed E-state index contributed by atoms with van der Waals surface area (Å²) in [6, 6.07) is 7.23. The molecule has 1 fully saturated rings. The Morgan fingerprint density at radius 1 is 1.19 bits per heavy atom. The van der Waals surface area contributed by atoms with Crippen molar-refractivity contribution in [3.63, 3.8) is 0 Å². The zero-order chi connectivity index (χ0) is 14.8. The van der Waals surface area contributed by atoms with E-state index in [0.717, 1.165) is 5.52 Å². The molecule has 1 saturated carbocycles. The number of nitrogens with zero attached hydrogens (tertiary/aromatic N) is 2. The predicted octanol–water partition coefficient (Wildman–Crippen LogP) is 1.61. The lowest BCUT2D eigenvalue weighted by molar-refractivity contribution is -0.141. The molecule has 0 aliphatic heterocycles. The van der Waals surface area contributed by atoms with Gasteiger partial charge in [-0.2, -0.15) is 0 Å². The van der Waals surface area contributed by atoms with Crippen molar-refractivity contribution in [1.82, 2.24) is 15.3 Å². The molecule has 1 heterocycles. The second kappa shape index (κ2) is 5.47. The highest BCUT2D eigenvalue weighted by Gasteiger charge is 2.30. The van der Waals surface area contributed by atoms with Gasteiger partial charge in [-0.05, 0) is 31.4 Å². The van der Waals surface area contributed by atoms with Crippen LogP contribution in [-0.2, 0) is 4.79 Å². The largest absolute Gasteiger partial charge is 0.481 e. The van der Waals surface area contributed by atoms with Gasteiger partial charge in [0.2, 0.25) is 0 Å². The van der Waals surface area contributed by atoms with Gasteiger partial charge in [-0.15, -0.1) is 0 Å². The summed E-state index contributed by atoms with van der Waals surface area (Å²) in [6.07, 6.45) is 3.21. The highest BCUT2D eigenvalue weighted by atomic mass is 16.4. The van der Waals surface area contributed by atoms with Crippen LogP contribution in [0.5, 0.6) is 0 Å². The van der Waals surface area contributed by atoms with E-state index >= 15 is 0 Å². The van der Waals surface area contributed by atoms with Crippen LogP contribution in [0.4, 0.5) is 0 Å². The van der Waals surface area contributed by atoms with Crippen LogP contribution in [-0.4, -0.2) is 33.0 Å². The Kier molecular flexibility index (Phi) is 3.51. The standard InChI is InChI=1S/C15H15N3O3/c19-14(17-10-6-5-9(7-10)15(20)21)13-8-16-11-3-1-2-4-12(11)18-13/h1-4,8-10H,5-7H2,(H,17,19)(H,20,21). The SMILES string of the molecule is O=C(NC1CCC(C(=O)O)C1)c1cnc2ccccc2n1. The maximum Gasteiger partial charge on any atom is 0.306 e. The minimum Gasteiger partial charge on any atom is -0.481 e. The van der Waals surface area contributed by atoms with E-state index in [-0.39, 0.29) is 23.6 Å². The Bertz CT molecular complexity index is 701. The monoisotopic (exact) mass is 285 g/mol. The molecular weight excluding hydrogens is 270 g/mol. The number of carbonyl (C=O) groups is 2. The Balaban J connectivity index is 1.71. The molecule has 0 saturated heterocycles. The average molecular weight is 285 g/mol. The Hall–Kier alpha value is -2.50. The summed E-state index contributed by atoms with van der Waals surface area (Å²) in [7, 11) is 0. The third kappa shape index (κ3) is 2.84. The minimum atomic E-state index is -0.794. The van der Waals surface area contributed by atoms with Crippen LogP contribution in [0, 0.1) is 5.92 Å². The van der Waals surface area contributed by atoms with Crippen molar-refractivity contribution in [2.24, 2.45) is 5.92 Å². The normalized spacial score (nSPS) is 21.3. The van der Waals surface area contributed by atoms with E-state index in [1.807, 2.05) is 18.2 Å². The van der Waals surface area contributed by atoms with Crippen molar-refractivity contribution < 1.29 is 14.7 Å². The molecule has 0 radical (unpaired) electrons. The molecule has 1 aromatic heterocycles. The van der Waals surface area contributed by atoms with E-state index < -0.39 is 5.97 Å². The van der Waals surface area contributed by atoms with Crippen LogP contribution in [0.3, 0.4) is 0 Å². The summed E-state index contributed by atoms with van der Waals surface area (Å²) < 4.78 is 0. The van der Waals surface area contributed by atoms with Gasteiger partial charge < -0.3 is 10.4 Å². The van der Waals surface area contributed by atoms with E-state index in [4.69, 9.17) is 5.11 Å². The second-order valence-electron chi connectivity index (χ2n) is 5.26. The predicted molar refractivity (Wildman–Crippen MR) is 75.8 cm³/mol. The number of aliphatic carboxylic acids is 1. The van der Waals surface area contributed by atoms with Gasteiger partial charge in [0.05, 0.1) is 23.1 Å². The molecule has 2 atom stereocenters. The molecule has 1 aliphatic carbocycles. The van der Waals surface area contributed by atoms with E-state index in [1.54, 1.807) is 6.07 Å². The van der Waals surface area contributed by atoms with Crippen LogP contribution in [0.1, 0.15) is 29.8 Å². The van der Waals surface area contributed by atoms with Gasteiger partial charge in [0, 0.05) is 6.04 Å². The maximum atomic E-state index is 12.2. The molecule has 6 nitrogen and oxygen atoms in total. The van der Waals surface area contributed by atoms with Crippen LogP contribution in [0.2, 0.25) is 0 Å². The van der Waals surface area contributed by atoms with Gasteiger partial charge >= 0.3 is 5.97 Å². The molecular formula is C15H15N3O3. The minimum absolute atomic E-state index is 0.105. The molecule has 1 aliphatic rings. The smallest absolute Gasteiger partial charge is 0.306 e. The second-order valence-corrected chi connectivity index (χ2v) is 5.26. The van der Waals surface area contributed by atoms with Gasteiger partial charge in [-0.1, -0.05) is 12.1 Å². The van der Waals surface area contributed by atoms with Gasteiger partial charge in [0.15, 0.2) is 0 Å². The van der Waals surface area contributed by atoms with Crippen LogP contribution in [0.15, 0.2) is 30.5 Å². The van der Waals surface area contributed by atoms with Gasteiger partial charge in [-0.25, -0.2) is 4.98 Å². The van der Waals surface area contributed by atoms with Gasteiger partial charge in [0.25, 0.3) is 5.91 Å². The summed E-state index contributed by atoms with van der Waals surface area (Å²) in [6.45, 7) is 0. The Morgan fingerprint density at radius 3 is 2.67 bits per heavy atom. The quantitative estimate of drug-likeness (QED) is 0.893. The number of benzene rings is 1. The number of hydrogen-bond acceptors (Lipinski definition) is 4. The van der Waals surface area contributed by atoms with E-state index in [0.29, 0.717) is 24.8 Å². The molecule has 21 heavy (non-hydrogen) atoms. The van der Waals surface area contributed by atoms with Crippen molar-refractivity contribution in [3.05, 3.63) is 36.2 Å². The number of para-hydroxylation sites is 2. The maximum absolute atomic E-state index is 12.2. The van der Waals surface area contributed by atoms with Crippen molar-refractivity contribution >= 4 is 22.9 Å². The zero-order valence-electron chi connectivity index (χ0n) is 11.3. The lowest BCUT2D eigenvalue weighted by atomic mass is 10.1. The number of carbonyl (C=O) groups excluding carboxylic acids is 1. The van der Waals surface area contributed by atoms with Crippen molar-refractivity contribution in [2.45, 2.75) is 25.3 Å². The van der Waals surface area contributed by atoms with Crippen molar-refractivity contribution in [3.8, 4) is 0 Å². The van der Waals surface area contributed by atoms with Crippen molar-refractivity contribution in [1.29, 1.82) is 0 Å². The molecule has 2 unspecified atom stereocenters. The summed E-state index contributed by atoms with van der Waals surface area (Å²) in [5, 5.41) is 11.8. The summed E-state index contributed by atoms with van der Waals surface area (Å²) in [5.74, 6) is -1.46. The Labute approximate surface area is 121 Å². The van der Waals surface area contributed by atoms with Crippen molar-refractivity contribution in [2.75, 3.05) is 0 Å². The first-order valence-corrected chi connectivity index (χ1v) is 6.89. The number of fused-ring (bicyclic) bond motifs is 1. The number of carboxylic acids is 1. The van der Waals surface area contributed by atoms with E-state index in [9.17, 15) is 9.59 Å². The lowest BCUT2D eigenvalue weighted by Crippen LogP contribution is -2.34. The van der Waals surface area contributed by atoms with Gasteiger partial charge in [0.1, 0.15) is 5.69 Å². The highest BCUT2D eigenvalue weighted by Crippen LogP contribution is 2.25. The fraction of sp³-hybridized carbons (Fsp3) is 0.333. The first-order chi connectivity index (χ1) is 10.1. The van der Waals surface area contributed by atoms with Crippen LogP contribution < -0.4 is 5.32 Å². The molecule has 2 aromatic rings. The lowest BCUT2D eigenvalue weighted by Gasteiger charge is -2.12. The third-order valence-corrected chi connectivity index (χ3v) is 3.80.